The molecule has 1 aromatic heterocycles. The van der Waals surface area contributed by atoms with E-state index in [2.05, 4.69) is 36.8 Å². The molecule has 0 aliphatic carbocycles. The van der Waals surface area contributed by atoms with Crippen LogP contribution in [0.2, 0.25) is 0 Å². The Labute approximate surface area is 72.5 Å². The smallest absolute Gasteiger partial charge is 0.266 e. The maximum absolute atomic E-state index is 11.9. The van der Waals surface area contributed by atoms with E-state index in [9.17, 15) is 8.78 Å². The van der Waals surface area contributed by atoms with E-state index < -0.39 is 6.55 Å². The van der Waals surface area contributed by atoms with Gasteiger partial charge in [0.2, 0.25) is 0 Å². The molecule has 0 amide bonds. The maximum Gasteiger partial charge on any atom is 0.320 e. The summed E-state index contributed by atoms with van der Waals surface area (Å²) in [5.74, 6) is 0. The van der Waals surface area contributed by atoms with Crippen LogP contribution in [0.15, 0.2) is 15.5 Å². The Kier molecular flexibility index (Phi) is 2.40. The second-order valence-corrected chi connectivity index (χ2v) is 3.01. The lowest BCUT2D eigenvalue weighted by Crippen LogP contribution is -1.94. The minimum Gasteiger partial charge on any atom is -0.266 e. The van der Waals surface area contributed by atoms with E-state index in [1.165, 1.54) is 0 Å². The van der Waals surface area contributed by atoms with Gasteiger partial charge < -0.3 is 0 Å². The van der Waals surface area contributed by atoms with E-state index in [4.69, 9.17) is 0 Å². The molecule has 0 spiro atoms. The zero-order valence-electron chi connectivity index (χ0n) is 4.56. The summed E-state index contributed by atoms with van der Waals surface area (Å²) in [5, 5.41) is 0. The first kappa shape index (κ1) is 8.13. The number of aromatic nitrogens is 2. The molecule has 0 atom stereocenters. The molecule has 10 heavy (non-hydrogen) atoms. The minimum atomic E-state index is -2.55. The number of hydrogen-bond donors (Lipinski definition) is 0. The number of halogens is 4. The van der Waals surface area contributed by atoms with Crippen LogP contribution in [-0.2, 0) is 0 Å². The third-order valence-electron chi connectivity index (χ3n) is 0.903. The van der Waals surface area contributed by atoms with Gasteiger partial charge in [0.05, 0.1) is 0 Å². The van der Waals surface area contributed by atoms with Crippen molar-refractivity contribution in [1.29, 1.82) is 0 Å². The van der Waals surface area contributed by atoms with Gasteiger partial charge in [-0.3, -0.25) is 4.57 Å². The van der Waals surface area contributed by atoms with Crippen LogP contribution >= 0.6 is 31.9 Å². The minimum absolute atomic E-state index is 0.252. The second kappa shape index (κ2) is 2.96. The topological polar surface area (TPSA) is 17.8 Å². The van der Waals surface area contributed by atoms with Crippen LogP contribution in [0.1, 0.15) is 6.55 Å². The highest BCUT2D eigenvalue weighted by atomic mass is 79.9. The van der Waals surface area contributed by atoms with Crippen LogP contribution in [0.5, 0.6) is 0 Å². The largest absolute Gasteiger partial charge is 0.320 e. The van der Waals surface area contributed by atoms with E-state index >= 15 is 0 Å². The van der Waals surface area contributed by atoms with Gasteiger partial charge in [0.1, 0.15) is 15.5 Å². The van der Waals surface area contributed by atoms with Crippen molar-refractivity contribution >= 4 is 31.9 Å². The predicted molar refractivity (Wildman–Crippen MR) is 38.9 cm³/mol. The van der Waals surface area contributed by atoms with Crippen LogP contribution in [0.25, 0.3) is 0 Å². The molecule has 0 unspecified atom stereocenters. The van der Waals surface area contributed by atoms with Crippen LogP contribution in [0, 0.1) is 0 Å². The van der Waals surface area contributed by atoms with E-state index in [0.717, 1.165) is 6.33 Å². The molecule has 1 rings (SSSR count). The van der Waals surface area contributed by atoms with Gasteiger partial charge in [-0.2, -0.15) is 8.78 Å². The van der Waals surface area contributed by atoms with Crippen molar-refractivity contribution in [2.75, 3.05) is 0 Å². The average Bonchev–Trinajstić information content (AvgIpc) is 2.14. The molecule has 0 aliphatic heterocycles. The number of rotatable bonds is 1. The Bertz CT molecular complexity index is 235. The SMILES string of the molecule is FC(F)n1cnc(Br)c1Br. The molecular formula is C4H2Br2F2N2. The highest BCUT2D eigenvalue weighted by molar-refractivity contribution is 9.13. The van der Waals surface area contributed by atoms with Gasteiger partial charge in [-0.05, 0) is 31.9 Å². The maximum atomic E-state index is 11.9. The molecule has 6 heteroatoms. The lowest BCUT2D eigenvalue weighted by Gasteiger charge is -1.98. The summed E-state index contributed by atoms with van der Waals surface area (Å²) in [6.45, 7) is -2.55. The fourth-order valence-electron chi connectivity index (χ4n) is 0.459. The van der Waals surface area contributed by atoms with Crippen molar-refractivity contribution in [2.24, 2.45) is 0 Å². The van der Waals surface area contributed by atoms with Gasteiger partial charge in [-0.1, -0.05) is 0 Å². The normalized spacial score (nSPS) is 10.9. The number of hydrogen-bond acceptors (Lipinski definition) is 1. The van der Waals surface area contributed by atoms with E-state index in [0.29, 0.717) is 9.17 Å². The molecule has 0 N–H and O–H groups in total. The first-order valence-electron chi connectivity index (χ1n) is 2.29. The first-order chi connectivity index (χ1) is 4.63. The van der Waals surface area contributed by atoms with E-state index in [-0.39, 0.29) is 4.60 Å². The monoisotopic (exact) mass is 274 g/mol. The molecule has 0 aromatic carbocycles. The summed E-state index contributed by atoms with van der Waals surface area (Å²) in [4.78, 5) is 3.59. The molecule has 0 bridgehead atoms. The molecular weight excluding hydrogens is 274 g/mol. The second-order valence-electron chi connectivity index (χ2n) is 1.51. The molecule has 0 saturated carbocycles. The van der Waals surface area contributed by atoms with Crippen LogP contribution in [0.4, 0.5) is 8.78 Å². The summed E-state index contributed by atoms with van der Waals surface area (Å²) in [7, 11) is 0. The first-order valence-corrected chi connectivity index (χ1v) is 3.87. The number of nitrogens with zero attached hydrogens (tertiary/aromatic N) is 2. The van der Waals surface area contributed by atoms with Crippen LogP contribution in [-0.4, -0.2) is 9.55 Å². The number of imidazole rings is 1. The third kappa shape index (κ3) is 1.37. The lowest BCUT2D eigenvalue weighted by atomic mass is 10.9. The van der Waals surface area contributed by atoms with Gasteiger partial charge in [-0.25, -0.2) is 4.98 Å². The van der Waals surface area contributed by atoms with Gasteiger partial charge in [0.25, 0.3) is 0 Å². The van der Waals surface area contributed by atoms with Crippen LogP contribution in [0.3, 0.4) is 0 Å². The Morgan fingerprint density at radius 3 is 2.30 bits per heavy atom. The molecule has 2 nitrogen and oxygen atoms in total. The summed E-state index contributed by atoms with van der Waals surface area (Å²) < 4.78 is 25.2. The highest BCUT2D eigenvalue weighted by Gasteiger charge is 2.11. The van der Waals surface area contributed by atoms with Gasteiger partial charge in [0.15, 0.2) is 0 Å². The Hall–Kier alpha value is 0.0300. The molecule has 1 aromatic rings. The van der Waals surface area contributed by atoms with Gasteiger partial charge in [-0.15, -0.1) is 0 Å². The zero-order chi connectivity index (χ0) is 7.72. The molecule has 1 heterocycles. The van der Waals surface area contributed by atoms with Gasteiger partial charge >= 0.3 is 6.55 Å². The summed E-state index contributed by atoms with van der Waals surface area (Å²) >= 11 is 5.90. The van der Waals surface area contributed by atoms with Crippen molar-refractivity contribution in [3.05, 3.63) is 15.5 Å². The fourth-order valence-corrected chi connectivity index (χ4v) is 1.10. The number of alkyl halides is 2. The van der Waals surface area contributed by atoms with Gasteiger partial charge in [0, 0.05) is 0 Å². The fraction of sp³-hybridized carbons (Fsp3) is 0.250. The van der Waals surface area contributed by atoms with Crippen molar-refractivity contribution < 1.29 is 8.78 Å². The third-order valence-corrected chi connectivity index (χ3v) is 2.80. The highest BCUT2D eigenvalue weighted by Crippen LogP contribution is 2.25. The Balaban J connectivity index is 3.05. The Morgan fingerprint density at radius 1 is 1.50 bits per heavy atom. The Morgan fingerprint density at radius 2 is 2.10 bits per heavy atom. The molecule has 0 aliphatic rings. The van der Waals surface area contributed by atoms with E-state index in [1.807, 2.05) is 0 Å². The molecule has 0 radical (unpaired) electrons. The van der Waals surface area contributed by atoms with Crippen LogP contribution < -0.4 is 0 Å². The van der Waals surface area contributed by atoms with Crippen molar-refractivity contribution in [1.82, 2.24) is 9.55 Å². The zero-order valence-corrected chi connectivity index (χ0v) is 7.73. The average molecular weight is 276 g/mol. The molecule has 56 valence electrons. The standard InChI is InChI=1S/C4H2Br2F2N2/c5-2-3(6)10(1-9-2)4(7)8/h1,4H. The summed E-state index contributed by atoms with van der Waals surface area (Å²) in [6.07, 6.45) is 1.05. The summed E-state index contributed by atoms with van der Waals surface area (Å²) in [6, 6.07) is 0. The predicted octanol–water partition coefficient (Wildman–Crippen LogP) is 2.80. The van der Waals surface area contributed by atoms with E-state index in [1.54, 1.807) is 0 Å². The van der Waals surface area contributed by atoms with Crippen molar-refractivity contribution in [3.63, 3.8) is 0 Å². The lowest BCUT2D eigenvalue weighted by molar-refractivity contribution is 0.0678. The summed E-state index contributed by atoms with van der Waals surface area (Å²) in [5.41, 5.74) is 0. The quantitative estimate of drug-likeness (QED) is 0.771. The van der Waals surface area contributed by atoms with Crippen molar-refractivity contribution in [2.45, 2.75) is 6.55 Å². The molecule has 0 saturated heterocycles. The molecule has 0 fully saturated rings. The van der Waals surface area contributed by atoms with Crippen molar-refractivity contribution in [3.8, 4) is 0 Å².